The number of nitrogens with zero attached hydrogens (tertiary/aromatic N) is 1. The maximum absolute atomic E-state index is 13.5. The van der Waals surface area contributed by atoms with Gasteiger partial charge in [-0.1, -0.05) is 0 Å². The Morgan fingerprint density at radius 2 is 1.95 bits per heavy atom. The van der Waals surface area contributed by atoms with E-state index in [2.05, 4.69) is 5.32 Å². The van der Waals surface area contributed by atoms with Crippen molar-refractivity contribution >= 4 is 5.69 Å². The van der Waals surface area contributed by atoms with Crippen molar-refractivity contribution in [3.05, 3.63) is 53.6 Å². The highest BCUT2D eigenvalue weighted by Crippen LogP contribution is 2.31. The standard InChI is InChI=1S/C14H14F4N2/c1-2-20-6-5-10(9-20)8-19-13-7-11(14(16,17)18)3-4-12(13)15/h3-7,9,19H,2,8H2,1H3. The van der Waals surface area contributed by atoms with E-state index in [1.807, 2.05) is 30.0 Å². The Bertz CT molecular complexity index is 587. The highest BCUT2D eigenvalue weighted by Gasteiger charge is 2.31. The molecule has 0 aliphatic heterocycles. The van der Waals surface area contributed by atoms with Crippen molar-refractivity contribution in [2.24, 2.45) is 0 Å². The van der Waals surface area contributed by atoms with Crippen LogP contribution >= 0.6 is 0 Å². The third-order valence-electron chi connectivity index (χ3n) is 2.95. The molecular weight excluding hydrogens is 272 g/mol. The van der Waals surface area contributed by atoms with E-state index in [-0.39, 0.29) is 12.2 Å². The van der Waals surface area contributed by atoms with Crippen LogP contribution in [0.4, 0.5) is 23.2 Å². The average Bonchev–Trinajstić information content (AvgIpc) is 2.84. The number of hydrogen-bond acceptors (Lipinski definition) is 1. The molecule has 0 radical (unpaired) electrons. The molecule has 1 aromatic carbocycles. The quantitative estimate of drug-likeness (QED) is 0.830. The molecule has 0 saturated carbocycles. The molecule has 1 aromatic heterocycles. The Kier molecular flexibility index (Phi) is 4.01. The zero-order chi connectivity index (χ0) is 14.8. The lowest BCUT2D eigenvalue weighted by atomic mass is 10.2. The minimum atomic E-state index is -4.48. The Labute approximate surface area is 114 Å². The van der Waals surface area contributed by atoms with Gasteiger partial charge in [0, 0.05) is 25.5 Å². The Morgan fingerprint density at radius 3 is 2.55 bits per heavy atom. The Balaban J connectivity index is 2.12. The van der Waals surface area contributed by atoms with E-state index in [0.29, 0.717) is 0 Å². The van der Waals surface area contributed by atoms with Gasteiger partial charge >= 0.3 is 6.18 Å². The maximum atomic E-state index is 13.5. The van der Waals surface area contributed by atoms with E-state index in [4.69, 9.17) is 0 Å². The van der Waals surface area contributed by atoms with Gasteiger partial charge in [0.1, 0.15) is 5.82 Å². The molecule has 0 atom stereocenters. The first-order valence-electron chi connectivity index (χ1n) is 6.15. The molecule has 2 aromatic rings. The monoisotopic (exact) mass is 286 g/mol. The second kappa shape index (κ2) is 5.56. The summed E-state index contributed by atoms with van der Waals surface area (Å²) < 4.78 is 53.1. The molecule has 0 amide bonds. The van der Waals surface area contributed by atoms with Crippen LogP contribution < -0.4 is 5.32 Å². The fraction of sp³-hybridized carbons (Fsp3) is 0.286. The fourth-order valence-corrected chi connectivity index (χ4v) is 1.83. The van der Waals surface area contributed by atoms with Gasteiger partial charge in [-0.3, -0.25) is 0 Å². The van der Waals surface area contributed by atoms with Gasteiger partial charge in [0.2, 0.25) is 0 Å². The molecule has 0 bridgehead atoms. The number of hydrogen-bond donors (Lipinski definition) is 1. The van der Waals surface area contributed by atoms with Crippen molar-refractivity contribution in [2.45, 2.75) is 26.2 Å². The number of benzene rings is 1. The molecule has 6 heteroatoms. The van der Waals surface area contributed by atoms with Gasteiger partial charge in [-0.25, -0.2) is 4.39 Å². The predicted octanol–water partition coefficient (Wildman–Crippen LogP) is 4.28. The predicted molar refractivity (Wildman–Crippen MR) is 68.8 cm³/mol. The van der Waals surface area contributed by atoms with Gasteiger partial charge in [0.15, 0.2) is 0 Å². The second-order valence-electron chi connectivity index (χ2n) is 4.40. The van der Waals surface area contributed by atoms with Crippen molar-refractivity contribution in [2.75, 3.05) is 5.32 Å². The molecule has 0 unspecified atom stereocenters. The summed E-state index contributed by atoms with van der Waals surface area (Å²) >= 11 is 0. The molecule has 2 rings (SSSR count). The van der Waals surface area contributed by atoms with Crippen molar-refractivity contribution in [1.82, 2.24) is 4.57 Å². The van der Waals surface area contributed by atoms with E-state index in [9.17, 15) is 17.6 Å². The van der Waals surface area contributed by atoms with E-state index in [0.717, 1.165) is 30.3 Å². The lowest BCUT2D eigenvalue weighted by molar-refractivity contribution is -0.137. The Morgan fingerprint density at radius 1 is 1.20 bits per heavy atom. The van der Waals surface area contributed by atoms with Crippen molar-refractivity contribution in [3.63, 3.8) is 0 Å². The van der Waals surface area contributed by atoms with Crippen LogP contribution in [-0.4, -0.2) is 4.57 Å². The normalized spacial score (nSPS) is 11.7. The zero-order valence-electron chi connectivity index (χ0n) is 10.8. The molecule has 1 N–H and O–H groups in total. The molecule has 20 heavy (non-hydrogen) atoms. The lowest BCUT2D eigenvalue weighted by Crippen LogP contribution is -2.07. The summed E-state index contributed by atoms with van der Waals surface area (Å²) in [4.78, 5) is 0. The molecule has 2 nitrogen and oxygen atoms in total. The summed E-state index contributed by atoms with van der Waals surface area (Å²) in [5, 5.41) is 2.69. The summed E-state index contributed by atoms with van der Waals surface area (Å²) in [6.07, 6.45) is -0.756. The average molecular weight is 286 g/mol. The summed E-state index contributed by atoms with van der Waals surface area (Å²) in [7, 11) is 0. The number of halogens is 4. The van der Waals surface area contributed by atoms with Gasteiger partial charge in [0.05, 0.1) is 11.3 Å². The summed E-state index contributed by atoms with van der Waals surface area (Å²) in [6, 6.07) is 4.17. The first-order chi connectivity index (χ1) is 9.40. The number of aryl methyl sites for hydroxylation is 1. The largest absolute Gasteiger partial charge is 0.416 e. The van der Waals surface area contributed by atoms with Gasteiger partial charge in [-0.2, -0.15) is 13.2 Å². The molecule has 1 heterocycles. The minimum Gasteiger partial charge on any atom is -0.379 e. The molecule has 0 saturated heterocycles. The topological polar surface area (TPSA) is 17.0 Å². The first kappa shape index (κ1) is 14.4. The van der Waals surface area contributed by atoms with E-state index >= 15 is 0 Å². The van der Waals surface area contributed by atoms with Crippen molar-refractivity contribution < 1.29 is 17.6 Å². The molecular formula is C14H14F4N2. The van der Waals surface area contributed by atoms with Gasteiger partial charge < -0.3 is 9.88 Å². The third-order valence-corrected chi connectivity index (χ3v) is 2.95. The van der Waals surface area contributed by atoms with Crippen LogP contribution in [0.2, 0.25) is 0 Å². The maximum Gasteiger partial charge on any atom is 0.416 e. The van der Waals surface area contributed by atoms with Gasteiger partial charge in [-0.15, -0.1) is 0 Å². The number of alkyl halides is 3. The van der Waals surface area contributed by atoms with Crippen LogP contribution in [0.25, 0.3) is 0 Å². The third kappa shape index (κ3) is 3.31. The van der Waals surface area contributed by atoms with Crippen LogP contribution in [-0.2, 0) is 19.3 Å². The molecule has 0 fully saturated rings. The van der Waals surface area contributed by atoms with Crippen LogP contribution in [0.15, 0.2) is 36.7 Å². The van der Waals surface area contributed by atoms with Crippen molar-refractivity contribution in [3.8, 4) is 0 Å². The highest BCUT2D eigenvalue weighted by atomic mass is 19.4. The smallest absolute Gasteiger partial charge is 0.379 e. The van der Waals surface area contributed by atoms with Crippen LogP contribution in [0.3, 0.4) is 0 Å². The van der Waals surface area contributed by atoms with E-state index in [1.165, 1.54) is 0 Å². The molecule has 0 aliphatic carbocycles. The number of anilines is 1. The summed E-state index contributed by atoms with van der Waals surface area (Å²) in [5.41, 5.74) is -0.139. The van der Waals surface area contributed by atoms with Gasteiger partial charge in [-0.05, 0) is 36.8 Å². The fourth-order valence-electron chi connectivity index (χ4n) is 1.83. The minimum absolute atomic E-state index is 0.149. The SMILES string of the molecule is CCn1ccc(CNc2cc(C(F)(F)F)ccc2F)c1. The van der Waals surface area contributed by atoms with E-state index in [1.54, 1.807) is 0 Å². The summed E-state index contributed by atoms with van der Waals surface area (Å²) in [6.45, 7) is 3.05. The highest BCUT2D eigenvalue weighted by molar-refractivity contribution is 5.48. The van der Waals surface area contributed by atoms with Crippen molar-refractivity contribution in [1.29, 1.82) is 0 Å². The first-order valence-corrected chi connectivity index (χ1v) is 6.15. The van der Waals surface area contributed by atoms with E-state index < -0.39 is 17.6 Å². The molecule has 0 spiro atoms. The second-order valence-corrected chi connectivity index (χ2v) is 4.40. The van der Waals surface area contributed by atoms with Gasteiger partial charge in [0.25, 0.3) is 0 Å². The van der Waals surface area contributed by atoms with Crippen LogP contribution in [0, 0.1) is 5.82 Å². The number of rotatable bonds is 4. The number of nitrogens with one attached hydrogen (secondary N) is 1. The Hall–Kier alpha value is -1.98. The lowest BCUT2D eigenvalue weighted by Gasteiger charge is -2.11. The summed E-state index contributed by atoms with van der Waals surface area (Å²) in [5.74, 6) is -0.701. The number of aromatic nitrogens is 1. The zero-order valence-corrected chi connectivity index (χ0v) is 10.8. The van der Waals surface area contributed by atoms with Crippen LogP contribution in [0.5, 0.6) is 0 Å². The molecule has 108 valence electrons. The molecule has 0 aliphatic rings. The van der Waals surface area contributed by atoms with Crippen LogP contribution in [0.1, 0.15) is 18.1 Å².